The van der Waals surface area contributed by atoms with Crippen LogP contribution in [0.5, 0.6) is 5.75 Å². The SMILES string of the molecule is O=S1(=O)CCC(Oc2c(F)cc(CCl)cc2F)C1. The van der Waals surface area contributed by atoms with Crippen LogP contribution < -0.4 is 4.74 Å². The van der Waals surface area contributed by atoms with Gasteiger partial charge >= 0.3 is 0 Å². The summed E-state index contributed by atoms with van der Waals surface area (Å²) in [4.78, 5) is 0. The van der Waals surface area contributed by atoms with Crippen molar-refractivity contribution >= 4 is 21.4 Å². The molecule has 1 saturated heterocycles. The van der Waals surface area contributed by atoms with Crippen molar-refractivity contribution in [1.82, 2.24) is 0 Å². The number of hydrogen-bond acceptors (Lipinski definition) is 3. The Morgan fingerprint density at radius 1 is 1.33 bits per heavy atom. The Balaban J connectivity index is 2.20. The molecule has 1 fully saturated rings. The highest BCUT2D eigenvalue weighted by Crippen LogP contribution is 2.27. The zero-order chi connectivity index (χ0) is 13.3. The second kappa shape index (κ2) is 5.01. The molecule has 1 aromatic rings. The molecule has 1 heterocycles. The van der Waals surface area contributed by atoms with Gasteiger partial charge in [-0.25, -0.2) is 17.2 Å². The maximum atomic E-state index is 13.6. The summed E-state index contributed by atoms with van der Waals surface area (Å²) in [5.41, 5.74) is 0.304. The van der Waals surface area contributed by atoms with E-state index in [9.17, 15) is 17.2 Å². The minimum absolute atomic E-state index is 0.00801. The zero-order valence-corrected chi connectivity index (χ0v) is 10.9. The normalized spacial score (nSPS) is 22.1. The third-order valence-electron chi connectivity index (χ3n) is 2.69. The molecule has 3 nitrogen and oxygen atoms in total. The zero-order valence-electron chi connectivity index (χ0n) is 9.33. The lowest BCUT2D eigenvalue weighted by molar-refractivity contribution is 0.207. The molecule has 1 atom stereocenters. The molecule has 0 bridgehead atoms. The smallest absolute Gasteiger partial charge is 0.191 e. The van der Waals surface area contributed by atoms with E-state index in [1.807, 2.05) is 0 Å². The topological polar surface area (TPSA) is 43.4 Å². The van der Waals surface area contributed by atoms with Crippen LogP contribution in [0.2, 0.25) is 0 Å². The van der Waals surface area contributed by atoms with E-state index in [0.717, 1.165) is 12.1 Å². The van der Waals surface area contributed by atoms with Gasteiger partial charge in [-0.1, -0.05) is 0 Å². The Morgan fingerprint density at radius 3 is 2.39 bits per heavy atom. The standard InChI is InChI=1S/C11H11ClF2O3S/c12-5-7-3-9(13)11(10(14)4-7)17-8-1-2-18(15,16)6-8/h3-4,8H,1-2,5-6H2. The summed E-state index contributed by atoms with van der Waals surface area (Å²) >= 11 is 5.48. The minimum Gasteiger partial charge on any atom is -0.483 e. The Kier molecular flexibility index (Phi) is 3.77. The van der Waals surface area contributed by atoms with Crippen molar-refractivity contribution in [3.05, 3.63) is 29.3 Å². The first kappa shape index (κ1) is 13.5. The van der Waals surface area contributed by atoms with E-state index in [2.05, 4.69) is 0 Å². The molecular formula is C11H11ClF2O3S. The van der Waals surface area contributed by atoms with Crippen molar-refractivity contribution in [2.24, 2.45) is 0 Å². The molecule has 0 spiro atoms. The second-order valence-electron chi connectivity index (χ2n) is 4.17. The van der Waals surface area contributed by atoms with E-state index in [1.165, 1.54) is 0 Å². The van der Waals surface area contributed by atoms with E-state index in [4.69, 9.17) is 16.3 Å². The van der Waals surface area contributed by atoms with Crippen LogP contribution in [0.4, 0.5) is 8.78 Å². The van der Waals surface area contributed by atoms with Crippen LogP contribution >= 0.6 is 11.6 Å². The molecule has 100 valence electrons. The fourth-order valence-electron chi connectivity index (χ4n) is 1.82. The molecule has 1 unspecified atom stereocenters. The Morgan fingerprint density at radius 2 is 1.94 bits per heavy atom. The molecule has 1 aromatic carbocycles. The average molecular weight is 297 g/mol. The first-order chi connectivity index (χ1) is 8.41. The molecule has 0 saturated carbocycles. The quantitative estimate of drug-likeness (QED) is 0.804. The van der Waals surface area contributed by atoms with Gasteiger partial charge in [-0.2, -0.15) is 0 Å². The van der Waals surface area contributed by atoms with E-state index < -0.39 is 33.3 Å². The van der Waals surface area contributed by atoms with Crippen LogP contribution in [0.15, 0.2) is 12.1 Å². The van der Waals surface area contributed by atoms with Crippen LogP contribution in [-0.2, 0) is 15.7 Å². The molecule has 0 amide bonds. The molecule has 1 aliphatic rings. The average Bonchev–Trinajstić information content (AvgIpc) is 2.63. The molecule has 0 aliphatic carbocycles. The van der Waals surface area contributed by atoms with E-state index >= 15 is 0 Å². The second-order valence-corrected chi connectivity index (χ2v) is 6.66. The van der Waals surface area contributed by atoms with Gasteiger partial charge in [0, 0.05) is 5.88 Å². The van der Waals surface area contributed by atoms with Gasteiger partial charge in [0.1, 0.15) is 6.10 Å². The molecule has 7 heteroatoms. The Hall–Kier alpha value is -0.880. The van der Waals surface area contributed by atoms with Crippen LogP contribution in [0, 0.1) is 11.6 Å². The number of hydrogen-bond donors (Lipinski definition) is 0. The van der Waals surface area contributed by atoms with Gasteiger partial charge in [-0.3, -0.25) is 0 Å². The number of sulfone groups is 1. The van der Waals surface area contributed by atoms with Gasteiger partial charge in [0.15, 0.2) is 27.2 Å². The molecule has 18 heavy (non-hydrogen) atoms. The third-order valence-corrected chi connectivity index (χ3v) is 4.73. The summed E-state index contributed by atoms with van der Waals surface area (Å²) in [6.07, 6.45) is -0.445. The van der Waals surface area contributed by atoms with E-state index in [1.54, 1.807) is 0 Å². The molecule has 1 aliphatic heterocycles. The summed E-state index contributed by atoms with van der Waals surface area (Å²) < 4.78 is 54.7. The van der Waals surface area contributed by atoms with Gasteiger partial charge in [-0.15, -0.1) is 11.6 Å². The highest BCUT2D eigenvalue weighted by Gasteiger charge is 2.30. The number of benzene rings is 1. The first-order valence-corrected chi connectivity index (χ1v) is 7.68. The lowest BCUT2D eigenvalue weighted by atomic mass is 10.2. The molecule has 2 rings (SSSR count). The number of rotatable bonds is 3. The predicted molar refractivity (Wildman–Crippen MR) is 63.6 cm³/mol. The largest absolute Gasteiger partial charge is 0.483 e. The van der Waals surface area contributed by atoms with Crippen LogP contribution in [0.3, 0.4) is 0 Å². The van der Waals surface area contributed by atoms with Crippen molar-refractivity contribution < 1.29 is 21.9 Å². The van der Waals surface area contributed by atoms with Gasteiger partial charge in [0.05, 0.1) is 11.5 Å². The predicted octanol–water partition coefficient (Wildman–Crippen LogP) is 2.27. The number of ether oxygens (including phenoxy) is 1. The van der Waals surface area contributed by atoms with Crippen molar-refractivity contribution in [1.29, 1.82) is 0 Å². The van der Waals surface area contributed by atoms with Gasteiger partial charge in [0.25, 0.3) is 0 Å². The summed E-state index contributed by atoms with van der Waals surface area (Å²) in [6.45, 7) is 0. The van der Waals surface area contributed by atoms with Gasteiger partial charge in [0.2, 0.25) is 0 Å². The van der Waals surface area contributed by atoms with Crippen LogP contribution in [0.1, 0.15) is 12.0 Å². The lowest BCUT2D eigenvalue weighted by Crippen LogP contribution is -2.19. The van der Waals surface area contributed by atoms with E-state index in [0.29, 0.717) is 5.56 Å². The van der Waals surface area contributed by atoms with Crippen LogP contribution in [0.25, 0.3) is 0 Å². The summed E-state index contributed by atoms with van der Waals surface area (Å²) in [5, 5.41) is 0. The third kappa shape index (κ3) is 2.92. The molecule has 0 N–H and O–H groups in total. The van der Waals surface area contributed by atoms with Gasteiger partial charge in [-0.05, 0) is 24.1 Å². The van der Waals surface area contributed by atoms with Crippen molar-refractivity contribution in [2.75, 3.05) is 11.5 Å². The highest BCUT2D eigenvalue weighted by atomic mass is 35.5. The lowest BCUT2D eigenvalue weighted by Gasteiger charge is -2.14. The maximum absolute atomic E-state index is 13.6. The van der Waals surface area contributed by atoms with Crippen molar-refractivity contribution in [3.8, 4) is 5.75 Å². The molecular weight excluding hydrogens is 286 g/mol. The van der Waals surface area contributed by atoms with Crippen molar-refractivity contribution in [3.63, 3.8) is 0 Å². The first-order valence-electron chi connectivity index (χ1n) is 5.32. The molecule has 0 radical (unpaired) electrons. The fraction of sp³-hybridized carbons (Fsp3) is 0.455. The maximum Gasteiger partial charge on any atom is 0.191 e. The summed E-state index contributed by atoms with van der Waals surface area (Å²) in [6, 6.07) is 2.16. The highest BCUT2D eigenvalue weighted by molar-refractivity contribution is 7.91. The number of alkyl halides is 1. The summed E-state index contributed by atoms with van der Waals surface area (Å²) in [5.74, 6) is -2.49. The molecule has 0 aromatic heterocycles. The minimum atomic E-state index is -3.15. The van der Waals surface area contributed by atoms with Crippen molar-refractivity contribution in [2.45, 2.75) is 18.4 Å². The number of halogens is 3. The van der Waals surface area contributed by atoms with E-state index in [-0.39, 0.29) is 23.8 Å². The Bertz CT molecular complexity index is 536. The van der Waals surface area contributed by atoms with Crippen LogP contribution in [-0.4, -0.2) is 26.0 Å². The Labute approximate surface area is 109 Å². The summed E-state index contributed by atoms with van der Waals surface area (Å²) in [7, 11) is -3.15. The fourth-order valence-corrected chi connectivity index (χ4v) is 3.57. The monoisotopic (exact) mass is 296 g/mol. The van der Waals surface area contributed by atoms with Gasteiger partial charge < -0.3 is 4.74 Å².